The van der Waals surface area contributed by atoms with E-state index in [0.29, 0.717) is 45.9 Å². The number of amides is 1. The molecule has 0 spiro atoms. The molecule has 3 aromatic carbocycles. The Morgan fingerprint density at radius 3 is 2.08 bits per heavy atom. The fraction of sp³-hybridized carbons (Fsp3) is 0.250. The van der Waals surface area contributed by atoms with Crippen molar-refractivity contribution >= 4 is 29.5 Å². The Hall–Kier alpha value is -4.17. The molecule has 5 nitrogen and oxygen atoms in total. The summed E-state index contributed by atoms with van der Waals surface area (Å²) in [5, 5.41) is 2.90. The first-order valence-corrected chi connectivity index (χ1v) is 12.9. The van der Waals surface area contributed by atoms with Gasteiger partial charge in [0.25, 0.3) is 0 Å². The highest BCUT2D eigenvalue weighted by molar-refractivity contribution is 6.15. The van der Waals surface area contributed by atoms with Gasteiger partial charge in [-0.1, -0.05) is 12.1 Å². The number of ketones is 1. The number of nitrogens with zero attached hydrogens (tertiary/aromatic N) is 1. The maximum atomic E-state index is 13.8. The van der Waals surface area contributed by atoms with Crippen LogP contribution in [0.1, 0.15) is 29.5 Å². The van der Waals surface area contributed by atoms with E-state index >= 15 is 0 Å². The minimum absolute atomic E-state index is 0.120. The van der Waals surface area contributed by atoms with E-state index in [1.54, 1.807) is 49.4 Å². The van der Waals surface area contributed by atoms with E-state index in [-0.39, 0.29) is 30.3 Å². The first kappa shape index (κ1) is 28.8. The van der Waals surface area contributed by atoms with Crippen molar-refractivity contribution in [1.29, 1.82) is 0 Å². The average Bonchev–Trinajstić information content (AvgIpc) is 2.91. The molecule has 0 bridgehead atoms. The topological polar surface area (TPSA) is 58.6 Å². The summed E-state index contributed by atoms with van der Waals surface area (Å²) < 4.78 is 46.8. The third kappa shape index (κ3) is 7.48. The molecule has 1 N–H and O–H groups in total. The summed E-state index contributed by atoms with van der Waals surface area (Å²) in [6.07, 6.45) is 3.41. The Kier molecular flexibility index (Phi) is 9.22. The molecule has 0 heterocycles. The lowest BCUT2D eigenvalue weighted by molar-refractivity contribution is -0.120. The van der Waals surface area contributed by atoms with Crippen LogP contribution in [0, 0.1) is 30.3 Å². The van der Waals surface area contributed by atoms with Gasteiger partial charge in [0.15, 0.2) is 17.4 Å². The first-order chi connectivity index (χ1) is 19.1. The molecule has 1 aliphatic carbocycles. The second-order valence-electron chi connectivity index (χ2n) is 10.1. The first-order valence-electron chi connectivity index (χ1n) is 12.9. The highest BCUT2D eigenvalue weighted by atomic mass is 19.2. The predicted molar refractivity (Wildman–Crippen MR) is 150 cm³/mol. The standard InChI is InChI=1S/C32H31F3N2O3/c1-20-14-21(4-10-28(20)33)15-23-18-25(19-24(31(23)38)16-22-5-11-29(34)30(35)17-22)32(39)36-26-6-8-27(9-7-26)40-13-12-37(2)3/h4-11,14-17,25H,12-13,18-19H2,1-3H3,(H,36,39)/b23-15+,24-16+. The number of carbonyl (C=O) groups excluding carboxylic acids is 2. The van der Waals surface area contributed by atoms with Gasteiger partial charge >= 0.3 is 0 Å². The van der Waals surface area contributed by atoms with Crippen LogP contribution in [-0.4, -0.2) is 43.8 Å². The summed E-state index contributed by atoms with van der Waals surface area (Å²) in [7, 11) is 3.92. The zero-order chi connectivity index (χ0) is 28.8. The monoisotopic (exact) mass is 548 g/mol. The number of Topliss-reactive ketones (excluding diaryl/α,β-unsaturated/α-hetero) is 1. The predicted octanol–water partition coefficient (Wildman–Crippen LogP) is 6.44. The van der Waals surface area contributed by atoms with Crippen LogP contribution in [0.5, 0.6) is 5.75 Å². The summed E-state index contributed by atoms with van der Waals surface area (Å²) in [6.45, 7) is 2.93. The van der Waals surface area contributed by atoms with Crippen LogP contribution in [-0.2, 0) is 9.59 Å². The van der Waals surface area contributed by atoms with Gasteiger partial charge in [-0.3, -0.25) is 9.59 Å². The fourth-order valence-corrected chi connectivity index (χ4v) is 4.42. The molecule has 0 aromatic heterocycles. The lowest BCUT2D eigenvalue weighted by atomic mass is 9.79. The molecule has 1 atom stereocenters. The number of nitrogens with one attached hydrogen (secondary N) is 1. The highest BCUT2D eigenvalue weighted by Crippen LogP contribution is 2.34. The van der Waals surface area contributed by atoms with Crippen LogP contribution < -0.4 is 10.1 Å². The lowest BCUT2D eigenvalue weighted by Gasteiger charge is -2.25. The molecule has 1 aliphatic rings. The minimum Gasteiger partial charge on any atom is -0.492 e. The minimum atomic E-state index is -1.03. The Morgan fingerprint density at radius 1 is 0.900 bits per heavy atom. The van der Waals surface area contributed by atoms with Gasteiger partial charge in [0, 0.05) is 29.3 Å². The number of likely N-dealkylation sites (N-methyl/N-ethyl adjacent to an activating group) is 1. The van der Waals surface area contributed by atoms with Gasteiger partial charge in [-0.05, 0) is 111 Å². The van der Waals surface area contributed by atoms with E-state index in [4.69, 9.17) is 4.74 Å². The van der Waals surface area contributed by atoms with Crippen LogP contribution >= 0.6 is 0 Å². The van der Waals surface area contributed by atoms with Crippen LogP contribution in [0.25, 0.3) is 12.2 Å². The normalized spacial score (nSPS) is 17.5. The number of benzene rings is 3. The zero-order valence-electron chi connectivity index (χ0n) is 22.6. The third-order valence-corrected chi connectivity index (χ3v) is 6.62. The molecule has 1 amide bonds. The molecule has 208 valence electrons. The molecule has 4 rings (SSSR count). The summed E-state index contributed by atoms with van der Waals surface area (Å²) in [5.74, 6) is -2.88. The number of carbonyl (C=O) groups is 2. The van der Waals surface area contributed by atoms with Gasteiger partial charge < -0.3 is 15.0 Å². The summed E-state index contributed by atoms with van der Waals surface area (Å²) in [4.78, 5) is 28.7. The van der Waals surface area contributed by atoms with Crippen molar-refractivity contribution in [1.82, 2.24) is 4.90 Å². The Morgan fingerprint density at radius 2 is 1.50 bits per heavy atom. The van der Waals surface area contributed by atoms with Crippen molar-refractivity contribution in [2.75, 3.05) is 32.6 Å². The van der Waals surface area contributed by atoms with Crippen molar-refractivity contribution in [3.63, 3.8) is 0 Å². The maximum absolute atomic E-state index is 13.8. The van der Waals surface area contributed by atoms with Gasteiger partial charge in [0.2, 0.25) is 5.91 Å². The van der Waals surface area contributed by atoms with Gasteiger partial charge in [-0.15, -0.1) is 0 Å². The maximum Gasteiger partial charge on any atom is 0.228 e. The Labute approximate surface area is 232 Å². The molecular formula is C32H31F3N2O3. The van der Waals surface area contributed by atoms with E-state index in [1.807, 2.05) is 19.0 Å². The van der Waals surface area contributed by atoms with Crippen LogP contribution in [0.3, 0.4) is 0 Å². The van der Waals surface area contributed by atoms with Gasteiger partial charge in [0.1, 0.15) is 18.2 Å². The Balaban J connectivity index is 1.58. The summed E-state index contributed by atoms with van der Waals surface area (Å²) >= 11 is 0. The highest BCUT2D eigenvalue weighted by Gasteiger charge is 2.32. The molecule has 0 aliphatic heterocycles. The number of anilines is 1. The van der Waals surface area contributed by atoms with E-state index in [0.717, 1.165) is 18.7 Å². The SMILES string of the molecule is Cc1cc(/C=C2\CC(C(=O)Nc3ccc(OCCN(C)C)cc3)C/C(=C\c3ccc(F)c(F)c3)C2=O)ccc1F. The number of aryl methyl sites for hydroxylation is 1. The van der Waals surface area contributed by atoms with Crippen molar-refractivity contribution < 1.29 is 27.5 Å². The molecule has 0 saturated heterocycles. The average molecular weight is 549 g/mol. The van der Waals surface area contributed by atoms with E-state index < -0.39 is 17.6 Å². The smallest absolute Gasteiger partial charge is 0.228 e. The van der Waals surface area contributed by atoms with E-state index in [2.05, 4.69) is 5.32 Å². The van der Waals surface area contributed by atoms with Crippen LogP contribution in [0.2, 0.25) is 0 Å². The largest absolute Gasteiger partial charge is 0.492 e. The molecule has 0 radical (unpaired) electrons. The van der Waals surface area contributed by atoms with Crippen molar-refractivity contribution in [2.24, 2.45) is 5.92 Å². The molecule has 8 heteroatoms. The van der Waals surface area contributed by atoms with Gasteiger partial charge in [-0.25, -0.2) is 13.2 Å². The van der Waals surface area contributed by atoms with Crippen molar-refractivity contribution in [2.45, 2.75) is 19.8 Å². The molecular weight excluding hydrogens is 517 g/mol. The number of hydrogen-bond acceptors (Lipinski definition) is 4. The molecule has 3 aromatic rings. The molecule has 40 heavy (non-hydrogen) atoms. The molecule has 1 fully saturated rings. The van der Waals surface area contributed by atoms with E-state index in [9.17, 15) is 22.8 Å². The number of halogens is 3. The van der Waals surface area contributed by atoms with Gasteiger partial charge in [0.05, 0.1) is 0 Å². The van der Waals surface area contributed by atoms with Crippen molar-refractivity contribution in [3.05, 3.63) is 106 Å². The number of allylic oxidation sites excluding steroid dienone is 2. The third-order valence-electron chi connectivity index (χ3n) is 6.62. The zero-order valence-corrected chi connectivity index (χ0v) is 22.6. The summed E-state index contributed by atoms with van der Waals surface area (Å²) in [5.41, 5.74) is 2.61. The quantitative estimate of drug-likeness (QED) is 0.329. The second kappa shape index (κ2) is 12.8. The van der Waals surface area contributed by atoms with E-state index in [1.165, 1.54) is 18.2 Å². The number of ether oxygens (including phenoxy) is 1. The lowest BCUT2D eigenvalue weighted by Crippen LogP contribution is -2.30. The fourth-order valence-electron chi connectivity index (χ4n) is 4.42. The molecule has 1 saturated carbocycles. The summed E-state index contributed by atoms with van der Waals surface area (Å²) in [6, 6.07) is 14.9. The molecule has 1 unspecified atom stereocenters. The van der Waals surface area contributed by atoms with Crippen LogP contribution in [0.4, 0.5) is 18.9 Å². The van der Waals surface area contributed by atoms with Gasteiger partial charge in [-0.2, -0.15) is 0 Å². The van der Waals surface area contributed by atoms with Crippen LogP contribution in [0.15, 0.2) is 71.8 Å². The second-order valence-corrected chi connectivity index (χ2v) is 10.1. The number of rotatable bonds is 8. The Bertz CT molecular complexity index is 1390. The van der Waals surface area contributed by atoms with Crippen molar-refractivity contribution in [3.8, 4) is 5.75 Å². The number of hydrogen-bond donors (Lipinski definition) is 1.